The maximum absolute atomic E-state index is 11.4. The third-order valence-electron chi connectivity index (χ3n) is 2.34. The fraction of sp³-hybridized carbons (Fsp3) is 0.700. The quantitative estimate of drug-likeness (QED) is 0.646. The normalized spacial score (nSPS) is 23.7. The number of hydrogen-bond acceptors (Lipinski definition) is 2. The van der Waals surface area contributed by atoms with Gasteiger partial charge in [-0.3, -0.25) is 4.79 Å². The van der Waals surface area contributed by atoms with Crippen molar-refractivity contribution in [3.63, 3.8) is 0 Å². The molecule has 0 aromatic rings. The van der Waals surface area contributed by atoms with Crippen molar-refractivity contribution in [2.75, 3.05) is 7.11 Å². The molecule has 12 heavy (non-hydrogen) atoms. The molecule has 2 heteroatoms. The van der Waals surface area contributed by atoms with E-state index in [2.05, 4.69) is 6.92 Å². The van der Waals surface area contributed by atoms with Crippen LogP contribution >= 0.6 is 0 Å². The molecule has 1 rings (SSSR count). The van der Waals surface area contributed by atoms with Crippen LogP contribution in [0, 0.1) is 5.92 Å². The first-order chi connectivity index (χ1) is 5.77. The lowest BCUT2D eigenvalue weighted by Gasteiger charge is -2.18. The summed E-state index contributed by atoms with van der Waals surface area (Å²) in [6.07, 6.45) is 5.65. The zero-order valence-corrected chi connectivity index (χ0v) is 7.80. The molecule has 0 aliphatic heterocycles. The lowest BCUT2D eigenvalue weighted by Crippen LogP contribution is -2.17. The second-order valence-corrected chi connectivity index (χ2v) is 3.24. The first-order valence-corrected chi connectivity index (χ1v) is 4.56. The van der Waals surface area contributed by atoms with Gasteiger partial charge in [0.1, 0.15) is 0 Å². The van der Waals surface area contributed by atoms with E-state index in [0.29, 0.717) is 0 Å². The van der Waals surface area contributed by atoms with E-state index in [1.165, 1.54) is 0 Å². The van der Waals surface area contributed by atoms with Crippen LogP contribution in [0.1, 0.15) is 32.6 Å². The van der Waals surface area contributed by atoms with E-state index in [1.54, 1.807) is 13.2 Å². The van der Waals surface area contributed by atoms with E-state index in [-0.39, 0.29) is 11.7 Å². The summed E-state index contributed by atoms with van der Waals surface area (Å²) in [5.74, 6) is 1.35. The zero-order valence-electron chi connectivity index (χ0n) is 7.80. The highest BCUT2D eigenvalue weighted by atomic mass is 16.5. The third kappa shape index (κ3) is 2.10. The van der Waals surface area contributed by atoms with Gasteiger partial charge in [-0.2, -0.15) is 0 Å². The number of ketones is 1. The average molecular weight is 168 g/mol. The van der Waals surface area contributed by atoms with Crippen LogP contribution in [0.5, 0.6) is 0 Å². The van der Waals surface area contributed by atoms with Gasteiger partial charge in [-0.15, -0.1) is 0 Å². The Morgan fingerprint density at radius 2 is 2.42 bits per heavy atom. The molecule has 0 fully saturated rings. The standard InChI is InChI=1S/C10H16O2/c1-3-4-8-5-6-9(12-2)7-10(8)11/h7-8H,3-6H2,1-2H3. The van der Waals surface area contributed by atoms with Crippen molar-refractivity contribution in [1.82, 2.24) is 0 Å². The maximum Gasteiger partial charge on any atom is 0.162 e. The van der Waals surface area contributed by atoms with E-state index in [9.17, 15) is 4.79 Å². The minimum atomic E-state index is 0.250. The molecule has 0 bridgehead atoms. The minimum absolute atomic E-state index is 0.250. The summed E-state index contributed by atoms with van der Waals surface area (Å²) in [5, 5.41) is 0. The van der Waals surface area contributed by atoms with Crippen LogP contribution in [-0.4, -0.2) is 12.9 Å². The van der Waals surface area contributed by atoms with E-state index >= 15 is 0 Å². The summed E-state index contributed by atoms with van der Waals surface area (Å²) in [6.45, 7) is 2.11. The first kappa shape index (κ1) is 9.30. The molecule has 0 aromatic heterocycles. The Balaban J connectivity index is 2.54. The lowest BCUT2D eigenvalue weighted by atomic mass is 9.88. The SMILES string of the molecule is CCCC1CCC(OC)=CC1=O. The minimum Gasteiger partial charge on any atom is -0.501 e. The maximum atomic E-state index is 11.4. The Kier molecular flexibility index (Phi) is 3.32. The number of rotatable bonds is 3. The van der Waals surface area contributed by atoms with Gasteiger partial charge in [-0.1, -0.05) is 13.3 Å². The number of hydrogen-bond donors (Lipinski definition) is 0. The van der Waals surface area contributed by atoms with Gasteiger partial charge in [-0.05, 0) is 12.8 Å². The fourth-order valence-corrected chi connectivity index (χ4v) is 1.60. The third-order valence-corrected chi connectivity index (χ3v) is 2.34. The van der Waals surface area contributed by atoms with Gasteiger partial charge in [0.05, 0.1) is 12.9 Å². The predicted molar refractivity (Wildman–Crippen MR) is 47.7 cm³/mol. The summed E-state index contributed by atoms with van der Waals surface area (Å²) in [7, 11) is 1.62. The molecule has 2 nitrogen and oxygen atoms in total. The average Bonchev–Trinajstić information content (AvgIpc) is 2.09. The first-order valence-electron chi connectivity index (χ1n) is 4.56. The number of allylic oxidation sites excluding steroid dienone is 2. The monoisotopic (exact) mass is 168 g/mol. The largest absolute Gasteiger partial charge is 0.501 e. The molecular weight excluding hydrogens is 152 g/mol. The van der Waals surface area contributed by atoms with E-state index in [0.717, 1.165) is 31.4 Å². The number of carbonyl (C=O) groups is 1. The van der Waals surface area contributed by atoms with Crippen molar-refractivity contribution in [3.05, 3.63) is 11.8 Å². The van der Waals surface area contributed by atoms with Crippen molar-refractivity contribution >= 4 is 5.78 Å². The summed E-state index contributed by atoms with van der Waals surface area (Å²) < 4.78 is 5.03. The number of methoxy groups -OCH3 is 1. The van der Waals surface area contributed by atoms with E-state index in [1.807, 2.05) is 0 Å². The van der Waals surface area contributed by atoms with Crippen LogP contribution in [0.4, 0.5) is 0 Å². The van der Waals surface area contributed by atoms with Crippen LogP contribution in [0.2, 0.25) is 0 Å². The summed E-state index contributed by atoms with van der Waals surface area (Å²) in [5.41, 5.74) is 0. The molecule has 0 aromatic carbocycles. The zero-order chi connectivity index (χ0) is 8.97. The van der Waals surface area contributed by atoms with Crippen LogP contribution < -0.4 is 0 Å². The molecule has 1 aliphatic rings. The number of ether oxygens (including phenoxy) is 1. The van der Waals surface area contributed by atoms with Gasteiger partial charge in [0.15, 0.2) is 5.78 Å². The van der Waals surface area contributed by atoms with Gasteiger partial charge in [0.25, 0.3) is 0 Å². The van der Waals surface area contributed by atoms with Crippen LogP contribution in [-0.2, 0) is 9.53 Å². The smallest absolute Gasteiger partial charge is 0.162 e. The predicted octanol–water partition coefficient (Wildman–Crippen LogP) is 2.30. The van der Waals surface area contributed by atoms with Crippen molar-refractivity contribution in [1.29, 1.82) is 0 Å². The van der Waals surface area contributed by atoms with Crippen LogP contribution in [0.25, 0.3) is 0 Å². The highest BCUT2D eigenvalue weighted by molar-refractivity contribution is 5.92. The van der Waals surface area contributed by atoms with Gasteiger partial charge < -0.3 is 4.74 Å². The van der Waals surface area contributed by atoms with Gasteiger partial charge >= 0.3 is 0 Å². The van der Waals surface area contributed by atoms with Crippen molar-refractivity contribution in [3.8, 4) is 0 Å². The van der Waals surface area contributed by atoms with Gasteiger partial charge in [0.2, 0.25) is 0 Å². The molecule has 0 radical (unpaired) electrons. The van der Waals surface area contributed by atoms with E-state index < -0.39 is 0 Å². The molecule has 0 saturated carbocycles. The Labute approximate surface area is 73.6 Å². The van der Waals surface area contributed by atoms with Crippen molar-refractivity contribution < 1.29 is 9.53 Å². The molecule has 1 unspecified atom stereocenters. The Morgan fingerprint density at radius 3 is 2.92 bits per heavy atom. The van der Waals surface area contributed by atoms with E-state index in [4.69, 9.17) is 4.74 Å². The molecule has 68 valence electrons. The second-order valence-electron chi connectivity index (χ2n) is 3.24. The fourth-order valence-electron chi connectivity index (χ4n) is 1.60. The summed E-state index contributed by atoms with van der Waals surface area (Å²) in [4.78, 5) is 11.4. The summed E-state index contributed by atoms with van der Waals surface area (Å²) >= 11 is 0. The Bertz CT molecular complexity index is 194. The highest BCUT2D eigenvalue weighted by Crippen LogP contribution is 2.24. The van der Waals surface area contributed by atoms with Crippen molar-refractivity contribution in [2.24, 2.45) is 5.92 Å². The van der Waals surface area contributed by atoms with Crippen LogP contribution in [0.15, 0.2) is 11.8 Å². The molecule has 0 spiro atoms. The second kappa shape index (κ2) is 4.29. The van der Waals surface area contributed by atoms with Crippen LogP contribution in [0.3, 0.4) is 0 Å². The Hall–Kier alpha value is -0.790. The lowest BCUT2D eigenvalue weighted by molar-refractivity contribution is -0.119. The van der Waals surface area contributed by atoms with Gasteiger partial charge in [-0.25, -0.2) is 0 Å². The molecular formula is C10H16O2. The molecule has 0 heterocycles. The molecule has 0 amide bonds. The number of carbonyl (C=O) groups excluding carboxylic acids is 1. The summed E-state index contributed by atoms with van der Waals surface area (Å²) in [6, 6.07) is 0. The Morgan fingerprint density at radius 1 is 1.67 bits per heavy atom. The molecule has 0 N–H and O–H groups in total. The van der Waals surface area contributed by atoms with Gasteiger partial charge in [0, 0.05) is 18.4 Å². The topological polar surface area (TPSA) is 26.3 Å². The highest BCUT2D eigenvalue weighted by Gasteiger charge is 2.21. The molecule has 1 aliphatic carbocycles. The molecule has 0 saturated heterocycles. The molecule has 1 atom stereocenters. The van der Waals surface area contributed by atoms with Crippen molar-refractivity contribution in [2.45, 2.75) is 32.6 Å².